The predicted octanol–water partition coefficient (Wildman–Crippen LogP) is 6.80. The summed E-state index contributed by atoms with van der Waals surface area (Å²) in [6, 6.07) is 22.8. The van der Waals surface area contributed by atoms with Crippen LogP contribution < -0.4 is 0 Å². The van der Waals surface area contributed by atoms with E-state index in [-0.39, 0.29) is 22.3 Å². The van der Waals surface area contributed by atoms with Crippen molar-refractivity contribution in [1.29, 1.82) is 0 Å². The molecule has 0 N–H and O–H groups in total. The number of nitrogens with zero attached hydrogens (tertiary/aromatic N) is 1. The van der Waals surface area contributed by atoms with Gasteiger partial charge in [-0.05, 0) is 62.1 Å². The molecule has 3 aromatic rings. The third kappa shape index (κ3) is 3.51. The summed E-state index contributed by atoms with van der Waals surface area (Å²) in [6.45, 7) is 4.04. The zero-order chi connectivity index (χ0) is 24.4. The number of aryl methyl sites for hydroxylation is 1. The topological polar surface area (TPSA) is 55.7 Å². The third-order valence-corrected chi connectivity index (χ3v) is 9.74. The average Bonchev–Trinajstić information content (AvgIpc) is 3.50. The molecule has 0 radical (unpaired) electrons. The largest absolute Gasteiger partial charge is 0.363 e. The summed E-state index contributed by atoms with van der Waals surface area (Å²) < 4.78 is 38.8. The fourth-order valence-electron chi connectivity index (χ4n) is 6.63. The minimum Gasteiger partial charge on any atom is -0.363 e. The highest BCUT2D eigenvalue weighted by molar-refractivity contribution is 7.90. The maximum absolute atomic E-state index is 13.6. The van der Waals surface area contributed by atoms with E-state index in [2.05, 4.69) is 17.4 Å². The monoisotopic (exact) mass is 505 g/mol. The van der Waals surface area contributed by atoms with Gasteiger partial charge in [0, 0.05) is 22.4 Å². The standard InChI is InChI=1S/C29H28ClNO3S/c1-19-9-15-22(16-10-19)35(32,33)31-27-24-8-4-3-7-23(24)25-26(27)28(2,20-11-13-21(30)14-12-20)34-29(25)17-5-6-18-29/h3-4,7-16,25-26H,5-6,17-18H2,1-2H3/b31-27+/t25-,26-,28+/m0/s1. The molecule has 0 bridgehead atoms. The Morgan fingerprint density at radius 2 is 1.57 bits per heavy atom. The van der Waals surface area contributed by atoms with Gasteiger partial charge in [-0.3, -0.25) is 0 Å². The highest BCUT2D eigenvalue weighted by Gasteiger charge is 2.66. The zero-order valence-electron chi connectivity index (χ0n) is 19.9. The lowest BCUT2D eigenvalue weighted by atomic mass is 9.72. The Hall–Kier alpha value is -2.47. The lowest BCUT2D eigenvalue weighted by molar-refractivity contribution is -0.103. The van der Waals surface area contributed by atoms with Crippen molar-refractivity contribution >= 4 is 27.3 Å². The molecule has 1 aliphatic heterocycles. The van der Waals surface area contributed by atoms with Gasteiger partial charge in [-0.25, -0.2) is 0 Å². The van der Waals surface area contributed by atoms with Crippen LogP contribution in [0.2, 0.25) is 5.02 Å². The van der Waals surface area contributed by atoms with Crippen LogP contribution in [0.15, 0.2) is 82.1 Å². The van der Waals surface area contributed by atoms with Crippen LogP contribution in [-0.2, 0) is 20.4 Å². The first kappa shape index (κ1) is 23.0. The van der Waals surface area contributed by atoms with E-state index in [1.54, 1.807) is 12.1 Å². The molecular weight excluding hydrogens is 478 g/mol. The van der Waals surface area contributed by atoms with Crippen LogP contribution in [-0.4, -0.2) is 19.7 Å². The Kier molecular flexibility index (Phi) is 5.26. The Morgan fingerprint density at radius 1 is 0.914 bits per heavy atom. The highest BCUT2D eigenvalue weighted by atomic mass is 35.5. The van der Waals surface area contributed by atoms with Gasteiger partial charge in [0.2, 0.25) is 0 Å². The first-order chi connectivity index (χ1) is 16.7. The Balaban J connectivity index is 1.58. The van der Waals surface area contributed by atoms with Gasteiger partial charge in [0.15, 0.2) is 0 Å². The van der Waals surface area contributed by atoms with Crippen LogP contribution in [0.25, 0.3) is 0 Å². The number of fused-ring (bicyclic) bond motifs is 4. The van der Waals surface area contributed by atoms with Crippen molar-refractivity contribution in [3.63, 3.8) is 0 Å². The first-order valence-electron chi connectivity index (χ1n) is 12.2. The van der Waals surface area contributed by atoms with Crippen molar-refractivity contribution in [2.75, 3.05) is 0 Å². The fraction of sp³-hybridized carbons (Fsp3) is 0.345. The molecule has 3 atom stereocenters. The summed E-state index contributed by atoms with van der Waals surface area (Å²) in [5, 5.41) is 0.660. The molecule has 6 rings (SSSR count). The molecule has 0 aromatic heterocycles. The minimum atomic E-state index is -3.90. The number of hydrogen-bond donors (Lipinski definition) is 0. The maximum Gasteiger partial charge on any atom is 0.282 e. The average molecular weight is 506 g/mol. The maximum atomic E-state index is 13.6. The van der Waals surface area contributed by atoms with E-state index in [0.29, 0.717) is 10.7 Å². The van der Waals surface area contributed by atoms with Crippen molar-refractivity contribution in [2.24, 2.45) is 10.3 Å². The number of sulfonamides is 1. The quantitative estimate of drug-likeness (QED) is 0.393. The molecule has 1 saturated heterocycles. The molecule has 3 aliphatic rings. The van der Waals surface area contributed by atoms with Gasteiger partial charge < -0.3 is 4.74 Å². The van der Waals surface area contributed by atoms with Gasteiger partial charge in [-0.2, -0.15) is 12.8 Å². The van der Waals surface area contributed by atoms with Crippen molar-refractivity contribution in [3.8, 4) is 0 Å². The second kappa shape index (κ2) is 8.02. The molecule has 180 valence electrons. The van der Waals surface area contributed by atoms with Crippen molar-refractivity contribution in [2.45, 2.75) is 61.5 Å². The molecule has 1 saturated carbocycles. The molecule has 35 heavy (non-hydrogen) atoms. The Labute approximate surface area is 212 Å². The number of hydrogen-bond acceptors (Lipinski definition) is 3. The van der Waals surface area contributed by atoms with E-state index in [1.165, 1.54) is 0 Å². The van der Waals surface area contributed by atoms with E-state index >= 15 is 0 Å². The molecule has 4 nitrogen and oxygen atoms in total. The van der Waals surface area contributed by atoms with Crippen molar-refractivity contribution in [1.82, 2.24) is 0 Å². The Morgan fingerprint density at radius 3 is 2.26 bits per heavy atom. The zero-order valence-corrected chi connectivity index (χ0v) is 21.4. The summed E-state index contributed by atoms with van der Waals surface area (Å²) in [6.07, 6.45) is 4.14. The number of rotatable bonds is 3. The summed E-state index contributed by atoms with van der Waals surface area (Å²) in [5.41, 5.74) is 3.61. The van der Waals surface area contributed by atoms with Crippen molar-refractivity contribution < 1.29 is 13.2 Å². The molecule has 3 aromatic carbocycles. The van der Waals surface area contributed by atoms with E-state index in [1.807, 2.05) is 61.5 Å². The summed E-state index contributed by atoms with van der Waals surface area (Å²) in [4.78, 5) is 0.208. The van der Waals surface area contributed by atoms with Crippen molar-refractivity contribution in [3.05, 3.63) is 100 Å². The predicted molar refractivity (Wildman–Crippen MR) is 139 cm³/mol. The van der Waals surface area contributed by atoms with Gasteiger partial charge >= 0.3 is 0 Å². The summed E-state index contributed by atoms with van der Waals surface area (Å²) in [7, 11) is -3.90. The van der Waals surface area contributed by atoms with E-state index < -0.39 is 15.6 Å². The van der Waals surface area contributed by atoms with Gasteiger partial charge in [-0.15, -0.1) is 0 Å². The van der Waals surface area contributed by atoms with Crippen LogP contribution in [0, 0.1) is 12.8 Å². The third-order valence-electron chi connectivity index (χ3n) is 8.18. The summed E-state index contributed by atoms with van der Waals surface area (Å²) in [5.74, 6) is -0.173. The normalized spacial score (nSPS) is 27.9. The summed E-state index contributed by atoms with van der Waals surface area (Å²) >= 11 is 6.22. The molecule has 6 heteroatoms. The van der Waals surface area contributed by atoms with Gasteiger partial charge in [0.25, 0.3) is 10.0 Å². The van der Waals surface area contributed by atoms with Crippen LogP contribution in [0.3, 0.4) is 0 Å². The molecule has 0 unspecified atom stereocenters. The van der Waals surface area contributed by atoms with Gasteiger partial charge in [0.1, 0.15) is 5.60 Å². The Bertz CT molecular complexity index is 1420. The second-order valence-electron chi connectivity index (χ2n) is 10.3. The molecule has 0 amide bonds. The van der Waals surface area contributed by atoms with Gasteiger partial charge in [0.05, 0.1) is 16.2 Å². The number of benzene rings is 3. The number of halogens is 1. The van der Waals surface area contributed by atoms with Crippen LogP contribution in [0.1, 0.15) is 60.8 Å². The van der Waals surface area contributed by atoms with E-state index in [0.717, 1.165) is 47.9 Å². The molecule has 2 aliphatic carbocycles. The van der Waals surface area contributed by atoms with E-state index in [4.69, 9.17) is 16.3 Å². The lowest BCUT2D eigenvalue weighted by Crippen LogP contribution is -2.35. The molecule has 1 heterocycles. The molecular formula is C29H28ClNO3S. The van der Waals surface area contributed by atoms with E-state index in [9.17, 15) is 8.42 Å². The molecule has 2 fully saturated rings. The van der Waals surface area contributed by atoms with Crippen LogP contribution in [0.5, 0.6) is 0 Å². The lowest BCUT2D eigenvalue weighted by Gasteiger charge is -2.34. The van der Waals surface area contributed by atoms with Gasteiger partial charge in [-0.1, -0.05) is 78.5 Å². The minimum absolute atomic E-state index is 0.0499. The SMILES string of the molecule is Cc1ccc(S(=O)(=O)/N=C2\c3ccccc3[C@H]3[C@@H]2[C@@](C)(c2ccc(Cl)cc2)OC32CCCC2)cc1. The number of ether oxygens (including phenoxy) is 1. The first-order valence-corrected chi connectivity index (χ1v) is 14.0. The smallest absolute Gasteiger partial charge is 0.282 e. The fourth-order valence-corrected chi connectivity index (χ4v) is 7.81. The van der Waals surface area contributed by atoms with Crippen LogP contribution in [0.4, 0.5) is 0 Å². The molecule has 1 spiro atoms. The van der Waals surface area contributed by atoms with Crippen LogP contribution >= 0.6 is 11.6 Å². The highest BCUT2D eigenvalue weighted by Crippen LogP contribution is 2.65. The second-order valence-corrected chi connectivity index (χ2v) is 12.3.